The van der Waals surface area contributed by atoms with Gasteiger partial charge in [-0.1, -0.05) is 6.58 Å². The second-order valence-electron chi connectivity index (χ2n) is 9.13. The first kappa shape index (κ1) is 25.4. The summed E-state index contributed by atoms with van der Waals surface area (Å²) in [6.07, 6.45) is 3.40. The molecule has 11 heteroatoms. The van der Waals surface area contributed by atoms with E-state index in [1.807, 2.05) is 18.9 Å². The Morgan fingerprint density at radius 1 is 1.28 bits per heavy atom. The number of nitrogens with zero attached hydrogens (tertiary/aromatic N) is 5. The SMILES string of the molecule is C=CC(=O)N1CCN(c2cc(C(=O)Nc3ccc(F)c(O)c3)nc(OCC3CCCN3C)n2)C(C)C1. The van der Waals surface area contributed by atoms with Crippen molar-refractivity contribution in [1.29, 1.82) is 0 Å². The lowest BCUT2D eigenvalue weighted by atomic mass is 10.2. The average molecular weight is 499 g/mol. The van der Waals surface area contributed by atoms with E-state index in [2.05, 4.69) is 26.8 Å². The van der Waals surface area contributed by atoms with E-state index in [1.165, 1.54) is 12.1 Å². The molecule has 2 fully saturated rings. The van der Waals surface area contributed by atoms with Crippen molar-refractivity contribution in [2.24, 2.45) is 0 Å². The predicted octanol–water partition coefficient (Wildman–Crippen LogP) is 2.27. The van der Waals surface area contributed by atoms with Gasteiger partial charge >= 0.3 is 6.01 Å². The summed E-state index contributed by atoms with van der Waals surface area (Å²) in [7, 11) is 2.04. The minimum atomic E-state index is -0.784. The Labute approximate surface area is 209 Å². The van der Waals surface area contributed by atoms with E-state index in [9.17, 15) is 19.1 Å². The normalized spacial score (nSPS) is 20.3. The van der Waals surface area contributed by atoms with Crippen molar-refractivity contribution in [2.75, 3.05) is 50.1 Å². The number of carbonyl (C=O) groups excluding carboxylic acids is 2. The lowest BCUT2D eigenvalue weighted by molar-refractivity contribution is -0.126. The van der Waals surface area contributed by atoms with Crippen molar-refractivity contribution in [1.82, 2.24) is 19.8 Å². The number of phenols is 1. The molecule has 10 nitrogen and oxygen atoms in total. The molecule has 3 heterocycles. The number of benzene rings is 1. The van der Waals surface area contributed by atoms with Crippen LogP contribution in [0.2, 0.25) is 0 Å². The van der Waals surface area contributed by atoms with Gasteiger partial charge in [-0.25, -0.2) is 4.39 Å². The van der Waals surface area contributed by atoms with Crippen LogP contribution in [0.3, 0.4) is 0 Å². The first-order valence-electron chi connectivity index (χ1n) is 11.9. The van der Waals surface area contributed by atoms with E-state index in [-0.39, 0.29) is 35.4 Å². The molecule has 0 radical (unpaired) electrons. The molecule has 0 spiro atoms. The van der Waals surface area contributed by atoms with Gasteiger partial charge in [0.1, 0.15) is 18.1 Å². The Morgan fingerprint density at radius 2 is 2.08 bits per heavy atom. The predicted molar refractivity (Wildman–Crippen MR) is 133 cm³/mol. The number of aromatic nitrogens is 2. The van der Waals surface area contributed by atoms with Crippen LogP contribution in [0.4, 0.5) is 15.9 Å². The van der Waals surface area contributed by atoms with Crippen molar-refractivity contribution in [3.8, 4) is 11.8 Å². The van der Waals surface area contributed by atoms with E-state index in [1.54, 1.807) is 11.0 Å². The fourth-order valence-electron chi connectivity index (χ4n) is 4.51. The highest BCUT2D eigenvalue weighted by Gasteiger charge is 2.28. The smallest absolute Gasteiger partial charge is 0.319 e. The quantitative estimate of drug-likeness (QED) is 0.560. The van der Waals surface area contributed by atoms with Crippen molar-refractivity contribution in [3.63, 3.8) is 0 Å². The maximum absolute atomic E-state index is 13.4. The van der Waals surface area contributed by atoms with E-state index in [0.717, 1.165) is 31.5 Å². The first-order chi connectivity index (χ1) is 17.2. The molecule has 4 rings (SSSR count). The van der Waals surface area contributed by atoms with Gasteiger partial charge in [-0.3, -0.25) is 9.59 Å². The molecule has 0 aliphatic carbocycles. The maximum atomic E-state index is 13.4. The number of halogens is 1. The Morgan fingerprint density at radius 3 is 2.75 bits per heavy atom. The number of nitrogens with one attached hydrogen (secondary N) is 1. The van der Waals surface area contributed by atoms with Gasteiger partial charge in [-0.15, -0.1) is 0 Å². The molecule has 192 valence electrons. The number of piperazine rings is 1. The molecule has 36 heavy (non-hydrogen) atoms. The number of hydrogen-bond donors (Lipinski definition) is 2. The van der Waals surface area contributed by atoms with Crippen LogP contribution >= 0.6 is 0 Å². The van der Waals surface area contributed by atoms with Gasteiger partial charge in [0.2, 0.25) is 5.91 Å². The van der Waals surface area contributed by atoms with E-state index < -0.39 is 17.5 Å². The van der Waals surface area contributed by atoms with Crippen LogP contribution in [-0.2, 0) is 4.79 Å². The van der Waals surface area contributed by atoms with Gasteiger partial charge in [0.25, 0.3) is 5.91 Å². The lowest BCUT2D eigenvalue weighted by Gasteiger charge is -2.40. The lowest BCUT2D eigenvalue weighted by Crippen LogP contribution is -2.53. The van der Waals surface area contributed by atoms with Crippen LogP contribution in [0.1, 0.15) is 30.3 Å². The summed E-state index contributed by atoms with van der Waals surface area (Å²) < 4.78 is 19.4. The van der Waals surface area contributed by atoms with E-state index in [4.69, 9.17) is 4.74 Å². The highest BCUT2D eigenvalue weighted by molar-refractivity contribution is 6.03. The first-order valence-corrected chi connectivity index (χ1v) is 11.9. The molecule has 2 unspecified atom stereocenters. The Hall–Kier alpha value is -3.73. The number of carbonyl (C=O) groups is 2. The number of aromatic hydroxyl groups is 1. The number of likely N-dealkylation sites (tertiary alicyclic amines) is 1. The fourth-order valence-corrected chi connectivity index (χ4v) is 4.51. The standard InChI is InChI=1S/C25H31FN6O4/c1-4-23(34)31-10-11-32(16(2)14-31)22-13-20(24(35)27-17-7-8-19(26)21(33)12-17)28-25(29-22)36-15-18-6-5-9-30(18)3/h4,7-8,12-13,16,18,33H,1,5-6,9-11,14-15H2,2-3H3,(H,27,35). The Kier molecular flexibility index (Phi) is 7.68. The number of likely N-dealkylation sites (N-methyl/N-ethyl adjacent to an activating group) is 1. The highest BCUT2D eigenvalue weighted by atomic mass is 19.1. The summed E-state index contributed by atoms with van der Waals surface area (Å²) in [4.78, 5) is 40.0. The third kappa shape index (κ3) is 5.73. The molecule has 2 saturated heterocycles. The van der Waals surface area contributed by atoms with Crippen molar-refractivity contribution in [2.45, 2.75) is 31.8 Å². The molecule has 2 amide bonds. The zero-order chi connectivity index (χ0) is 25.8. The largest absolute Gasteiger partial charge is 0.505 e. The zero-order valence-electron chi connectivity index (χ0n) is 20.5. The topological polar surface area (TPSA) is 111 Å². The van der Waals surface area contributed by atoms with E-state index in [0.29, 0.717) is 32.1 Å². The van der Waals surface area contributed by atoms with Gasteiger partial charge in [0.05, 0.1) is 0 Å². The maximum Gasteiger partial charge on any atom is 0.319 e. The summed E-state index contributed by atoms with van der Waals surface area (Å²) in [5.74, 6) is -1.53. The Bertz CT molecular complexity index is 1150. The van der Waals surface area contributed by atoms with Crippen LogP contribution in [-0.4, -0.2) is 88.6 Å². The molecule has 2 N–H and O–H groups in total. The average Bonchev–Trinajstić information content (AvgIpc) is 3.28. The molecule has 2 aromatic rings. The van der Waals surface area contributed by atoms with Gasteiger partial charge in [-0.05, 0) is 51.6 Å². The molecule has 0 saturated carbocycles. The summed E-state index contributed by atoms with van der Waals surface area (Å²) in [6.45, 7) is 8.40. The third-order valence-corrected chi connectivity index (χ3v) is 6.61. The van der Waals surface area contributed by atoms with Crippen molar-refractivity contribution < 1.29 is 23.8 Å². The molecule has 1 aromatic carbocycles. The van der Waals surface area contributed by atoms with Gasteiger partial charge in [0, 0.05) is 49.5 Å². The summed E-state index contributed by atoms with van der Waals surface area (Å²) >= 11 is 0. The van der Waals surface area contributed by atoms with Crippen LogP contribution in [0.15, 0.2) is 36.9 Å². The molecule has 0 bridgehead atoms. The van der Waals surface area contributed by atoms with Crippen LogP contribution in [0, 0.1) is 5.82 Å². The number of rotatable bonds is 7. The van der Waals surface area contributed by atoms with Gasteiger partial charge in [-0.2, -0.15) is 9.97 Å². The molecule has 1 aromatic heterocycles. The van der Waals surface area contributed by atoms with Gasteiger partial charge < -0.3 is 29.9 Å². The molecule has 2 aliphatic rings. The number of ether oxygens (including phenoxy) is 1. The fraction of sp³-hybridized carbons (Fsp3) is 0.440. The zero-order valence-corrected chi connectivity index (χ0v) is 20.5. The summed E-state index contributed by atoms with van der Waals surface area (Å²) in [6, 6.07) is 5.35. The number of hydrogen-bond acceptors (Lipinski definition) is 8. The monoisotopic (exact) mass is 498 g/mol. The van der Waals surface area contributed by atoms with Crippen molar-refractivity contribution in [3.05, 3.63) is 48.4 Å². The summed E-state index contributed by atoms with van der Waals surface area (Å²) in [5.41, 5.74) is 0.286. The number of anilines is 2. The van der Waals surface area contributed by atoms with Crippen LogP contribution < -0.4 is 15.0 Å². The highest BCUT2D eigenvalue weighted by Crippen LogP contribution is 2.25. The second kappa shape index (κ2) is 10.9. The number of phenolic OH excluding ortho intramolecular Hbond substituents is 1. The van der Waals surface area contributed by atoms with Crippen molar-refractivity contribution >= 4 is 23.3 Å². The van der Waals surface area contributed by atoms with Gasteiger partial charge in [0.15, 0.2) is 11.6 Å². The van der Waals surface area contributed by atoms with Crippen LogP contribution in [0.5, 0.6) is 11.8 Å². The third-order valence-electron chi connectivity index (χ3n) is 6.61. The van der Waals surface area contributed by atoms with E-state index >= 15 is 0 Å². The second-order valence-corrected chi connectivity index (χ2v) is 9.13. The summed E-state index contributed by atoms with van der Waals surface area (Å²) in [5, 5.41) is 12.3. The molecular formula is C25H31FN6O4. The molecule has 2 aliphatic heterocycles. The number of amides is 2. The Balaban J connectivity index is 1.58. The minimum absolute atomic E-state index is 0.0652. The molecular weight excluding hydrogens is 467 g/mol. The molecule has 2 atom stereocenters. The minimum Gasteiger partial charge on any atom is -0.505 e. The van der Waals surface area contributed by atoms with Crippen LogP contribution in [0.25, 0.3) is 0 Å².